The number of aliphatic carboxylic acids is 1. The van der Waals surface area contributed by atoms with E-state index in [4.69, 9.17) is 9.90 Å². The van der Waals surface area contributed by atoms with Gasteiger partial charge in [-0.1, -0.05) is 0 Å². The van der Waals surface area contributed by atoms with Crippen molar-refractivity contribution in [3.05, 3.63) is 6.92 Å². The zero-order chi connectivity index (χ0) is 5.58. The Kier molecular flexibility index (Phi) is 14.6. The number of halogens is 1. The van der Waals surface area contributed by atoms with Crippen LogP contribution in [0.25, 0.3) is 0 Å². The number of carboxylic acid groups (broad SMARTS) is 1. The molecule has 0 aliphatic rings. The summed E-state index contributed by atoms with van der Waals surface area (Å²) in [4.78, 5) is 8.89. The number of carbonyl (C=O) groups is 1. The summed E-state index contributed by atoms with van der Waals surface area (Å²) in [5.41, 5.74) is 0. The van der Waals surface area contributed by atoms with Crippen LogP contribution < -0.4 is 0 Å². The van der Waals surface area contributed by atoms with Crippen LogP contribution in [0.5, 0.6) is 0 Å². The number of hydrogen-bond donors (Lipinski definition) is 1. The maximum atomic E-state index is 8.89. The van der Waals surface area contributed by atoms with Crippen LogP contribution in [0, 0.1) is 6.92 Å². The van der Waals surface area contributed by atoms with E-state index in [-0.39, 0.29) is 0 Å². The molecule has 0 aliphatic heterocycles. The Balaban J connectivity index is 0. The molecule has 0 heterocycles. The average molecular weight is 204 g/mol. The van der Waals surface area contributed by atoms with E-state index in [0.717, 1.165) is 0 Å². The van der Waals surface area contributed by atoms with Crippen LogP contribution >= 0.6 is 13.6 Å². The first-order chi connectivity index (χ1) is 2.73. The molecule has 0 saturated heterocycles. The van der Waals surface area contributed by atoms with Gasteiger partial charge >= 0.3 is 30.0 Å². The monoisotopic (exact) mass is 202 g/mol. The minimum atomic E-state index is -1.08. The van der Waals surface area contributed by atoms with Crippen molar-refractivity contribution in [2.45, 2.75) is 0 Å². The Morgan fingerprint density at radius 1 is 1.83 bits per heavy atom. The topological polar surface area (TPSA) is 37.3 Å². The fourth-order valence-electron chi connectivity index (χ4n) is 0. The number of carboxylic acids is 1. The van der Waals surface area contributed by atoms with E-state index < -0.39 is 5.97 Å². The summed E-state index contributed by atoms with van der Waals surface area (Å²) >= 11 is 4.25. The van der Waals surface area contributed by atoms with Gasteiger partial charge in [0.05, 0.1) is 0 Å². The summed E-state index contributed by atoms with van der Waals surface area (Å²) in [6.07, 6.45) is 0. The predicted molar refractivity (Wildman–Crippen MR) is 21.9 cm³/mol. The Morgan fingerprint density at radius 3 is 1.83 bits per heavy atom. The van der Waals surface area contributed by atoms with Crippen LogP contribution in [0.4, 0.5) is 0 Å². The van der Waals surface area contributed by atoms with Crippen LogP contribution in [-0.4, -0.2) is 11.1 Å². The molecule has 0 rings (SSSR count). The molecule has 1 N–H and O–H groups in total. The van der Waals surface area contributed by atoms with Gasteiger partial charge in [0.25, 0.3) is 0 Å². The van der Waals surface area contributed by atoms with Gasteiger partial charge in [0.2, 0.25) is 0 Å². The van der Waals surface area contributed by atoms with Gasteiger partial charge in [-0.3, -0.25) is 11.7 Å². The van der Waals surface area contributed by atoms with Crippen molar-refractivity contribution in [1.29, 1.82) is 0 Å². The quantitative estimate of drug-likeness (QED) is 0.467. The molecule has 0 atom stereocenters. The van der Waals surface area contributed by atoms with E-state index in [1.165, 1.54) is 16.3 Å². The average Bonchev–Trinajstić information content (AvgIpc) is 1.41. The first-order valence-corrected chi connectivity index (χ1v) is 8.00. The van der Waals surface area contributed by atoms with Crippen molar-refractivity contribution in [3.63, 3.8) is 0 Å². The van der Waals surface area contributed by atoms with Gasteiger partial charge in [-0.15, -0.1) is 0 Å². The zero-order valence-electron chi connectivity index (χ0n) is 3.15. The van der Waals surface area contributed by atoms with E-state index >= 15 is 0 Å². The summed E-state index contributed by atoms with van der Waals surface area (Å²) in [6, 6.07) is 0. The van der Waals surface area contributed by atoms with Crippen LogP contribution in [-0.2, 0) is 21.1 Å². The molecule has 0 aromatic heterocycles. The van der Waals surface area contributed by atoms with Crippen LogP contribution in [0.1, 0.15) is 0 Å². The van der Waals surface area contributed by atoms with Gasteiger partial charge < -0.3 is 5.11 Å². The van der Waals surface area contributed by atoms with Crippen LogP contribution in [0.3, 0.4) is 0 Å². The van der Waals surface area contributed by atoms with Gasteiger partial charge in [-0.2, -0.15) is 0 Å². The molecule has 0 aromatic rings. The summed E-state index contributed by atoms with van der Waals surface area (Å²) in [5.74, 6) is -1.08. The van der Waals surface area contributed by atoms with Crippen molar-refractivity contribution in [2.24, 2.45) is 0 Å². The fraction of sp³-hybridized carbons (Fsp3) is 0. The van der Waals surface area contributed by atoms with Gasteiger partial charge in [-0.05, 0) is 0 Å². The zero-order valence-corrected chi connectivity index (χ0v) is 7.70. The second kappa shape index (κ2) is 9.06. The Labute approximate surface area is 53.0 Å². The SMILES string of the molecule is [CH2-]C(=O)O.[Zn+][Br]. The summed E-state index contributed by atoms with van der Waals surface area (Å²) in [7, 11) is 0. The van der Waals surface area contributed by atoms with Crippen molar-refractivity contribution < 1.29 is 26.2 Å². The molecule has 2 nitrogen and oxygen atoms in total. The second-order valence-electron chi connectivity index (χ2n) is 0.394. The van der Waals surface area contributed by atoms with Crippen molar-refractivity contribution in [1.82, 2.24) is 0 Å². The van der Waals surface area contributed by atoms with E-state index in [1.807, 2.05) is 0 Å². The van der Waals surface area contributed by atoms with Crippen molar-refractivity contribution in [2.75, 3.05) is 0 Å². The maximum absolute atomic E-state index is 8.89. The molecule has 0 spiro atoms. The molecule has 0 unspecified atom stereocenters. The number of hydrogen-bond acceptors (Lipinski definition) is 1. The molecule has 0 fully saturated rings. The van der Waals surface area contributed by atoms with E-state index in [0.29, 0.717) is 0 Å². The molecular weight excluding hydrogens is 201 g/mol. The Morgan fingerprint density at radius 2 is 1.83 bits per heavy atom. The van der Waals surface area contributed by atoms with E-state index in [2.05, 4.69) is 20.5 Å². The molecule has 0 aliphatic carbocycles. The minimum absolute atomic E-state index is 1.08. The third-order valence-electron chi connectivity index (χ3n) is 0. The molecule has 0 amide bonds. The predicted octanol–water partition coefficient (Wildman–Crippen LogP) is 0.748. The van der Waals surface area contributed by atoms with Crippen molar-refractivity contribution >= 4 is 19.6 Å². The second-order valence-corrected chi connectivity index (χ2v) is 0.394. The molecule has 6 heavy (non-hydrogen) atoms. The van der Waals surface area contributed by atoms with Crippen molar-refractivity contribution in [3.8, 4) is 0 Å². The summed E-state index contributed by atoms with van der Waals surface area (Å²) in [6.45, 7) is 2.56. The molecule has 0 radical (unpaired) electrons. The Bertz CT molecular complexity index is 34.5. The molecule has 32 valence electrons. The Hall–Kier alpha value is 0.443. The van der Waals surface area contributed by atoms with E-state index in [9.17, 15) is 0 Å². The fourth-order valence-corrected chi connectivity index (χ4v) is 0. The first-order valence-electron chi connectivity index (χ1n) is 1.05. The molecule has 0 bridgehead atoms. The first kappa shape index (κ1) is 9.67. The molecular formula is C2H3BrO2Zn. The summed E-state index contributed by atoms with van der Waals surface area (Å²) in [5, 5.41) is 7.31. The van der Waals surface area contributed by atoms with Gasteiger partial charge in [0.15, 0.2) is 5.97 Å². The molecule has 0 aromatic carbocycles. The third kappa shape index (κ3) is 268. The normalized spacial score (nSPS) is 5.17. The molecule has 4 heteroatoms. The molecule has 0 saturated carbocycles. The van der Waals surface area contributed by atoms with E-state index in [1.54, 1.807) is 0 Å². The standard InChI is InChI=1S/C2H3O2.BrH.Zn/c1-2(3)4;;/h1H2,(H,3,4);1H;/q-1;;+2/p-1. The summed E-state index contributed by atoms with van der Waals surface area (Å²) < 4.78 is 0. The van der Waals surface area contributed by atoms with Crippen LogP contribution in [0.15, 0.2) is 0 Å². The number of rotatable bonds is 0. The third-order valence-corrected chi connectivity index (χ3v) is 0. The van der Waals surface area contributed by atoms with Gasteiger partial charge in [-0.25, -0.2) is 0 Å². The van der Waals surface area contributed by atoms with Crippen LogP contribution in [0.2, 0.25) is 0 Å². The van der Waals surface area contributed by atoms with Gasteiger partial charge in [0.1, 0.15) is 0 Å². The van der Waals surface area contributed by atoms with Gasteiger partial charge in [0, 0.05) is 0 Å².